The highest BCUT2D eigenvalue weighted by atomic mass is 127. The third kappa shape index (κ3) is 3.48. The molecule has 0 bridgehead atoms. The number of hydrogen-bond donors (Lipinski definition) is 1. The maximum atomic E-state index is 8.96. The Morgan fingerprint density at radius 1 is 1.16 bits per heavy atom. The summed E-state index contributed by atoms with van der Waals surface area (Å²) in [6, 6.07) is 16.6. The predicted molar refractivity (Wildman–Crippen MR) is 87.1 cm³/mol. The Labute approximate surface area is 127 Å². The zero-order valence-electron chi connectivity index (χ0n) is 10.9. The van der Waals surface area contributed by atoms with Gasteiger partial charge in [-0.2, -0.15) is 5.26 Å². The molecule has 19 heavy (non-hydrogen) atoms. The third-order valence-electron chi connectivity index (χ3n) is 3.11. The summed E-state index contributed by atoms with van der Waals surface area (Å²) < 4.78 is 1.23. The molecule has 2 aromatic carbocycles. The van der Waals surface area contributed by atoms with E-state index in [9.17, 15) is 0 Å². The lowest BCUT2D eigenvalue weighted by atomic mass is 10.1. The van der Waals surface area contributed by atoms with Gasteiger partial charge in [-0.1, -0.05) is 18.2 Å². The van der Waals surface area contributed by atoms with Gasteiger partial charge in [0, 0.05) is 15.3 Å². The molecule has 0 amide bonds. The van der Waals surface area contributed by atoms with Crippen molar-refractivity contribution >= 4 is 28.3 Å². The summed E-state index contributed by atoms with van der Waals surface area (Å²) in [7, 11) is 0. The lowest BCUT2D eigenvalue weighted by molar-refractivity contribution is 0.882. The molecule has 0 aromatic heterocycles. The van der Waals surface area contributed by atoms with Crippen LogP contribution in [0.4, 0.5) is 5.69 Å². The molecule has 0 aliphatic rings. The molecule has 96 valence electrons. The van der Waals surface area contributed by atoms with Gasteiger partial charge >= 0.3 is 0 Å². The van der Waals surface area contributed by atoms with Gasteiger partial charge in [-0.25, -0.2) is 0 Å². The van der Waals surface area contributed by atoms with E-state index in [4.69, 9.17) is 5.26 Å². The van der Waals surface area contributed by atoms with Crippen LogP contribution in [0.1, 0.15) is 29.7 Å². The van der Waals surface area contributed by atoms with Crippen molar-refractivity contribution < 1.29 is 0 Å². The molecular weight excluding hydrogens is 347 g/mol. The molecule has 1 N–H and O–H groups in total. The fourth-order valence-electron chi connectivity index (χ4n) is 1.92. The summed E-state index contributed by atoms with van der Waals surface area (Å²) in [5.74, 6) is 0. The number of hydrogen-bond acceptors (Lipinski definition) is 2. The van der Waals surface area contributed by atoms with Gasteiger partial charge in [0.15, 0.2) is 0 Å². The Bertz CT molecular complexity index is 612. The van der Waals surface area contributed by atoms with Crippen molar-refractivity contribution in [1.82, 2.24) is 0 Å². The highest BCUT2D eigenvalue weighted by Gasteiger charge is 2.07. The van der Waals surface area contributed by atoms with Crippen molar-refractivity contribution in [2.75, 3.05) is 5.32 Å². The number of benzene rings is 2. The van der Waals surface area contributed by atoms with Gasteiger partial charge in [-0.3, -0.25) is 0 Å². The predicted octanol–water partition coefficient (Wildman–Crippen LogP) is 4.64. The van der Waals surface area contributed by atoms with E-state index in [2.05, 4.69) is 65.2 Å². The molecule has 2 rings (SSSR count). The summed E-state index contributed by atoms with van der Waals surface area (Å²) in [6.45, 7) is 4.17. The van der Waals surface area contributed by atoms with E-state index in [0.29, 0.717) is 5.56 Å². The van der Waals surface area contributed by atoms with Crippen LogP contribution in [0.3, 0.4) is 0 Å². The third-order valence-corrected chi connectivity index (χ3v) is 3.83. The van der Waals surface area contributed by atoms with E-state index in [1.54, 1.807) is 0 Å². The Balaban J connectivity index is 2.21. The lowest BCUT2D eigenvalue weighted by Crippen LogP contribution is -2.07. The summed E-state index contributed by atoms with van der Waals surface area (Å²) >= 11 is 2.30. The van der Waals surface area contributed by atoms with Gasteiger partial charge in [0.1, 0.15) is 0 Å². The Morgan fingerprint density at radius 3 is 2.47 bits per heavy atom. The van der Waals surface area contributed by atoms with Gasteiger partial charge in [0.2, 0.25) is 0 Å². The van der Waals surface area contributed by atoms with Gasteiger partial charge < -0.3 is 5.32 Å². The van der Waals surface area contributed by atoms with Crippen molar-refractivity contribution in [2.24, 2.45) is 0 Å². The molecular formula is C16H15IN2. The number of nitrogens with one attached hydrogen (secondary N) is 1. The van der Waals surface area contributed by atoms with E-state index in [0.717, 1.165) is 11.3 Å². The maximum Gasteiger partial charge on any atom is 0.0992 e. The molecule has 0 aliphatic carbocycles. The van der Waals surface area contributed by atoms with E-state index in [1.165, 1.54) is 9.13 Å². The number of nitrogens with zero attached hydrogens (tertiary/aromatic N) is 1. The average molecular weight is 362 g/mol. The lowest BCUT2D eigenvalue weighted by Gasteiger charge is -2.17. The Kier molecular flexibility index (Phi) is 4.43. The summed E-state index contributed by atoms with van der Waals surface area (Å²) in [5.41, 5.74) is 4.09. The molecule has 3 heteroatoms. The van der Waals surface area contributed by atoms with Gasteiger partial charge in [0.25, 0.3) is 0 Å². The first-order valence-electron chi connectivity index (χ1n) is 6.13. The van der Waals surface area contributed by atoms with E-state index in [-0.39, 0.29) is 6.04 Å². The molecule has 0 spiro atoms. The van der Waals surface area contributed by atoms with Crippen LogP contribution in [0.25, 0.3) is 0 Å². The van der Waals surface area contributed by atoms with E-state index in [1.807, 2.05) is 25.1 Å². The Hall–Kier alpha value is -1.54. The normalized spacial score (nSPS) is 11.7. The fraction of sp³-hybridized carbons (Fsp3) is 0.188. The first kappa shape index (κ1) is 13.9. The molecule has 2 aromatic rings. The summed E-state index contributed by atoms with van der Waals surface area (Å²) in [5, 5.41) is 12.4. The van der Waals surface area contributed by atoms with Crippen LogP contribution in [0.15, 0.2) is 42.5 Å². The van der Waals surface area contributed by atoms with Crippen molar-refractivity contribution in [2.45, 2.75) is 19.9 Å². The molecule has 0 saturated carbocycles. The quantitative estimate of drug-likeness (QED) is 0.808. The SMILES string of the molecule is Cc1ccc(C#N)cc1NC(C)c1ccc(I)cc1. The van der Waals surface area contributed by atoms with Gasteiger partial charge in [0.05, 0.1) is 11.6 Å². The number of halogens is 1. The number of aryl methyl sites for hydroxylation is 1. The number of nitriles is 1. The van der Waals surface area contributed by atoms with Crippen molar-refractivity contribution in [3.05, 3.63) is 62.7 Å². The molecule has 0 heterocycles. The second-order valence-electron chi connectivity index (χ2n) is 4.56. The minimum absolute atomic E-state index is 0.213. The highest BCUT2D eigenvalue weighted by molar-refractivity contribution is 14.1. The molecule has 0 radical (unpaired) electrons. The minimum atomic E-state index is 0.213. The second-order valence-corrected chi connectivity index (χ2v) is 5.80. The van der Waals surface area contributed by atoms with Crippen molar-refractivity contribution in [3.8, 4) is 6.07 Å². The first-order valence-corrected chi connectivity index (χ1v) is 7.21. The van der Waals surface area contributed by atoms with Crippen LogP contribution in [-0.2, 0) is 0 Å². The largest absolute Gasteiger partial charge is 0.378 e. The molecule has 0 fully saturated rings. The standard InChI is InChI=1S/C16H15IN2/c1-11-3-4-13(10-18)9-16(11)19-12(2)14-5-7-15(17)8-6-14/h3-9,12,19H,1-2H3. The minimum Gasteiger partial charge on any atom is -0.378 e. The monoisotopic (exact) mass is 362 g/mol. The smallest absolute Gasteiger partial charge is 0.0992 e. The van der Waals surface area contributed by atoms with Crippen LogP contribution >= 0.6 is 22.6 Å². The van der Waals surface area contributed by atoms with Gasteiger partial charge in [-0.05, 0) is 71.8 Å². The van der Waals surface area contributed by atoms with E-state index < -0.39 is 0 Å². The molecule has 1 unspecified atom stereocenters. The number of rotatable bonds is 3. The first-order chi connectivity index (χ1) is 9.10. The Morgan fingerprint density at radius 2 is 1.84 bits per heavy atom. The van der Waals surface area contributed by atoms with Crippen LogP contribution in [-0.4, -0.2) is 0 Å². The summed E-state index contributed by atoms with van der Waals surface area (Å²) in [4.78, 5) is 0. The van der Waals surface area contributed by atoms with Gasteiger partial charge in [-0.15, -0.1) is 0 Å². The zero-order chi connectivity index (χ0) is 13.8. The van der Waals surface area contributed by atoms with Crippen LogP contribution in [0.5, 0.6) is 0 Å². The second kappa shape index (κ2) is 6.07. The summed E-state index contributed by atoms with van der Waals surface area (Å²) in [6.07, 6.45) is 0. The van der Waals surface area contributed by atoms with Crippen LogP contribution in [0.2, 0.25) is 0 Å². The van der Waals surface area contributed by atoms with Crippen LogP contribution in [0, 0.1) is 21.8 Å². The molecule has 0 aliphatic heterocycles. The fourth-order valence-corrected chi connectivity index (χ4v) is 2.27. The topological polar surface area (TPSA) is 35.8 Å². The molecule has 1 atom stereocenters. The molecule has 2 nitrogen and oxygen atoms in total. The van der Waals surface area contributed by atoms with Crippen molar-refractivity contribution in [3.63, 3.8) is 0 Å². The van der Waals surface area contributed by atoms with Crippen LogP contribution < -0.4 is 5.32 Å². The maximum absolute atomic E-state index is 8.96. The number of anilines is 1. The molecule has 0 saturated heterocycles. The average Bonchev–Trinajstić information content (AvgIpc) is 2.42. The highest BCUT2D eigenvalue weighted by Crippen LogP contribution is 2.23. The zero-order valence-corrected chi connectivity index (χ0v) is 13.1. The van der Waals surface area contributed by atoms with Crippen molar-refractivity contribution in [1.29, 1.82) is 5.26 Å². The van der Waals surface area contributed by atoms with E-state index >= 15 is 0 Å².